The quantitative estimate of drug-likeness (QED) is 0.630. The van der Waals surface area contributed by atoms with Crippen LogP contribution in [0.4, 0.5) is 5.95 Å². The van der Waals surface area contributed by atoms with Gasteiger partial charge in [-0.1, -0.05) is 0 Å². The molecule has 0 saturated heterocycles. The number of imidazole rings is 1. The van der Waals surface area contributed by atoms with Gasteiger partial charge in [0.25, 0.3) is 0 Å². The van der Waals surface area contributed by atoms with Crippen molar-refractivity contribution in [2.45, 2.75) is 0 Å². The Balaban J connectivity index is 2.69. The van der Waals surface area contributed by atoms with Gasteiger partial charge >= 0.3 is 5.69 Å². The molecule has 13 heavy (non-hydrogen) atoms. The molecule has 6 heteroatoms. The molecule has 0 aromatic carbocycles. The predicted octanol–water partition coefficient (Wildman–Crippen LogP) is -0.288. The lowest BCUT2D eigenvalue weighted by molar-refractivity contribution is 1.04. The first kappa shape index (κ1) is 7.78. The minimum Gasteiger partial charge on any atom is -0.348 e. The molecule has 2 rings (SSSR count). The monoisotopic (exact) mass is 179 g/mol. The molecule has 0 spiro atoms. The maximum absolute atomic E-state index is 10.8. The SMILES string of the molecule is CN(C)c1nc2[nH]c(=O)ncc2[nH]1. The van der Waals surface area contributed by atoms with Gasteiger partial charge in [0.15, 0.2) is 5.65 Å². The number of aromatic nitrogens is 4. The molecule has 0 unspecified atom stereocenters. The summed E-state index contributed by atoms with van der Waals surface area (Å²) in [5.74, 6) is 0.693. The average Bonchev–Trinajstić information content (AvgIpc) is 2.46. The second kappa shape index (κ2) is 2.58. The first-order chi connectivity index (χ1) is 6.16. The van der Waals surface area contributed by atoms with Crippen LogP contribution in [0.25, 0.3) is 11.2 Å². The van der Waals surface area contributed by atoms with Gasteiger partial charge in [-0.05, 0) is 0 Å². The summed E-state index contributed by atoms with van der Waals surface area (Å²) in [4.78, 5) is 25.9. The summed E-state index contributed by atoms with van der Waals surface area (Å²) >= 11 is 0. The third-order valence-corrected chi connectivity index (χ3v) is 1.68. The Morgan fingerprint density at radius 1 is 1.38 bits per heavy atom. The van der Waals surface area contributed by atoms with Gasteiger partial charge in [0.2, 0.25) is 5.95 Å². The van der Waals surface area contributed by atoms with Crippen LogP contribution in [-0.4, -0.2) is 34.0 Å². The van der Waals surface area contributed by atoms with Crippen LogP contribution < -0.4 is 10.6 Å². The van der Waals surface area contributed by atoms with Crippen molar-refractivity contribution < 1.29 is 0 Å². The highest BCUT2D eigenvalue weighted by molar-refractivity contribution is 5.71. The third-order valence-electron chi connectivity index (χ3n) is 1.68. The van der Waals surface area contributed by atoms with Gasteiger partial charge in [0.1, 0.15) is 5.52 Å². The fourth-order valence-electron chi connectivity index (χ4n) is 1.03. The van der Waals surface area contributed by atoms with E-state index in [4.69, 9.17) is 0 Å². The maximum Gasteiger partial charge on any atom is 0.346 e. The summed E-state index contributed by atoms with van der Waals surface area (Å²) in [7, 11) is 3.73. The second-order valence-electron chi connectivity index (χ2n) is 2.91. The highest BCUT2D eigenvalue weighted by Crippen LogP contribution is 2.10. The number of hydrogen-bond donors (Lipinski definition) is 2. The zero-order valence-electron chi connectivity index (χ0n) is 7.33. The molecule has 0 radical (unpaired) electrons. The van der Waals surface area contributed by atoms with Gasteiger partial charge in [-0.3, -0.25) is 4.98 Å². The molecule has 0 amide bonds. The molecule has 0 fully saturated rings. The number of aromatic amines is 2. The van der Waals surface area contributed by atoms with E-state index in [1.807, 2.05) is 19.0 Å². The highest BCUT2D eigenvalue weighted by atomic mass is 16.1. The van der Waals surface area contributed by atoms with Gasteiger partial charge in [0.05, 0.1) is 6.20 Å². The summed E-state index contributed by atoms with van der Waals surface area (Å²) < 4.78 is 0. The fourth-order valence-corrected chi connectivity index (χ4v) is 1.03. The smallest absolute Gasteiger partial charge is 0.346 e. The van der Waals surface area contributed by atoms with Crippen LogP contribution in [0.2, 0.25) is 0 Å². The van der Waals surface area contributed by atoms with Crippen LogP contribution >= 0.6 is 0 Å². The van der Waals surface area contributed by atoms with Crippen LogP contribution in [0, 0.1) is 0 Å². The number of rotatable bonds is 1. The Hall–Kier alpha value is -1.85. The maximum atomic E-state index is 10.8. The van der Waals surface area contributed by atoms with Crippen molar-refractivity contribution in [3.05, 3.63) is 16.7 Å². The molecule has 2 heterocycles. The number of anilines is 1. The molecule has 6 nitrogen and oxygen atoms in total. The van der Waals surface area contributed by atoms with Crippen LogP contribution in [0.3, 0.4) is 0 Å². The molecule has 0 saturated carbocycles. The van der Waals surface area contributed by atoms with Crippen LogP contribution in [0.5, 0.6) is 0 Å². The molecule has 68 valence electrons. The van der Waals surface area contributed by atoms with Crippen molar-refractivity contribution >= 4 is 17.1 Å². The Labute approximate surface area is 73.6 Å². The number of nitrogens with one attached hydrogen (secondary N) is 2. The highest BCUT2D eigenvalue weighted by Gasteiger charge is 2.04. The molecule has 0 atom stereocenters. The van der Waals surface area contributed by atoms with Gasteiger partial charge in [-0.15, -0.1) is 0 Å². The van der Waals surface area contributed by atoms with Crippen LogP contribution in [-0.2, 0) is 0 Å². The number of H-pyrrole nitrogens is 2. The van der Waals surface area contributed by atoms with E-state index < -0.39 is 0 Å². The normalized spacial score (nSPS) is 10.6. The summed E-state index contributed by atoms with van der Waals surface area (Å²) in [6, 6.07) is 0. The van der Waals surface area contributed by atoms with E-state index in [0.29, 0.717) is 11.6 Å². The largest absolute Gasteiger partial charge is 0.348 e. The van der Waals surface area contributed by atoms with Crippen LogP contribution in [0.1, 0.15) is 0 Å². The van der Waals surface area contributed by atoms with E-state index in [0.717, 1.165) is 5.52 Å². The van der Waals surface area contributed by atoms with Crippen molar-refractivity contribution in [1.82, 2.24) is 19.9 Å². The second-order valence-corrected chi connectivity index (χ2v) is 2.91. The summed E-state index contributed by atoms with van der Waals surface area (Å²) in [6.45, 7) is 0. The Morgan fingerprint density at radius 2 is 2.15 bits per heavy atom. The first-order valence-electron chi connectivity index (χ1n) is 3.79. The predicted molar refractivity (Wildman–Crippen MR) is 48.8 cm³/mol. The zero-order chi connectivity index (χ0) is 9.42. The first-order valence-corrected chi connectivity index (χ1v) is 3.79. The minimum absolute atomic E-state index is 0.385. The van der Waals surface area contributed by atoms with Crippen molar-refractivity contribution in [3.63, 3.8) is 0 Å². The molecule has 0 bridgehead atoms. The lowest BCUT2D eigenvalue weighted by atomic mass is 10.6. The minimum atomic E-state index is -0.385. The van der Waals surface area contributed by atoms with Crippen molar-refractivity contribution in [1.29, 1.82) is 0 Å². The summed E-state index contributed by atoms with van der Waals surface area (Å²) in [5, 5.41) is 0. The van der Waals surface area contributed by atoms with Crippen molar-refractivity contribution in [2.75, 3.05) is 19.0 Å². The van der Waals surface area contributed by atoms with E-state index in [9.17, 15) is 4.79 Å². The Bertz CT molecular complexity index is 483. The molecule has 2 aromatic heterocycles. The average molecular weight is 179 g/mol. The Morgan fingerprint density at radius 3 is 2.85 bits per heavy atom. The lowest BCUT2D eigenvalue weighted by Crippen LogP contribution is -2.10. The van der Waals surface area contributed by atoms with Gasteiger partial charge in [0, 0.05) is 14.1 Å². The molecule has 2 aromatic rings. The van der Waals surface area contributed by atoms with E-state index in [-0.39, 0.29) is 5.69 Å². The van der Waals surface area contributed by atoms with Gasteiger partial charge < -0.3 is 9.88 Å². The van der Waals surface area contributed by atoms with E-state index in [2.05, 4.69) is 19.9 Å². The molecule has 0 aliphatic rings. The standard InChI is InChI=1S/C7H9N5O/c1-12(2)6-9-4-3-8-7(13)11-5(4)10-6/h3H,1-2H3,(H2,8,9,10,11,13). The topological polar surface area (TPSA) is 77.7 Å². The molecular formula is C7H9N5O. The molecular weight excluding hydrogens is 170 g/mol. The molecule has 2 N–H and O–H groups in total. The number of fused-ring (bicyclic) bond motifs is 1. The van der Waals surface area contributed by atoms with E-state index in [1.165, 1.54) is 6.20 Å². The van der Waals surface area contributed by atoms with E-state index in [1.54, 1.807) is 0 Å². The molecule has 0 aliphatic carbocycles. The molecule has 0 aliphatic heterocycles. The van der Waals surface area contributed by atoms with Gasteiger partial charge in [-0.2, -0.15) is 9.97 Å². The summed E-state index contributed by atoms with van der Waals surface area (Å²) in [6.07, 6.45) is 1.47. The zero-order valence-corrected chi connectivity index (χ0v) is 7.33. The third kappa shape index (κ3) is 1.26. The summed E-state index contributed by atoms with van der Waals surface area (Å²) in [5.41, 5.74) is 0.872. The number of nitrogens with zero attached hydrogens (tertiary/aromatic N) is 3. The lowest BCUT2D eigenvalue weighted by Gasteiger charge is -2.05. The fraction of sp³-hybridized carbons (Fsp3) is 0.286. The van der Waals surface area contributed by atoms with Crippen molar-refractivity contribution in [3.8, 4) is 0 Å². The Kier molecular flexibility index (Phi) is 1.54. The van der Waals surface area contributed by atoms with Crippen molar-refractivity contribution in [2.24, 2.45) is 0 Å². The van der Waals surface area contributed by atoms with E-state index >= 15 is 0 Å². The van der Waals surface area contributed by atoms with Crippen LogP contribution in [0.15, 0.2) is 11.0 Å². The van der Waals surface area contributed by atoms with Gasteiger partial charge in [-0.25, -0.2) is 4.79 Å². The number of hydrogen-bond acceptors (Lipinski definition) is 4.